The van der Waals surface area contributed by atoms with Gasteiger partial charge in [0, 0.05) is 23.5 Å². The summed E-state index contributed by atoms with van der Waals surface area (Å²) in [4.78, 5) is 25.8. The molecule has 0 spiro atoms. The maximum absolute atomic E-state index is 13.1. The quantitative estimate of drug-likeness (QED) is 0.396. The molecule has 0 aliphatic heterocycles. The lowest BCUT2D eigenvalue weighted by Crippen LogP contribution is -2.30. The van der Waals surface area contributed by atoms with Crippen LogP contribution in [0.5, 0.6) is 28.7 Å². The van der Waals surface area contributed by atoms with Crippen molar-refractivity contribution >= 4 is 23.2 Å². The fourth-order valence-corrected chi connectivity index (χ4v) is 3.40. The van der Waals surface area contributed by atoms with Crippen molar-refractivity contribution in [1.82, 2.24) is 0 Å². The van der Waals surface area contributed by atoms with Crippen molar-refractivity contribution in [2.75, 3.05) is 38.6 Å². The first-order valence-electron chi connectivity index (χ1n) is 11.3. The number of rotatable bonds is 11. The highest BCUT2D eigenvalue weighted by Crippen LogP contribution is 2.40. The molecular weight excluding hydrogens is 464 g/mol. The molecule has 3 aromatic carbocycles. The van der Waals surface area contributed by atoms with Gasteiger partial charge in [-0.25, -0.2) is 0 Å². The van der Waals surface area contributed by atoms with Gasteiger partial charge in [-0.1, -0.05) is 12.1 Å². The summed E-state index contributed by atoms with van der Waals surface area (Å²) in [7, 11) is 4.48. The third kappa shape index (κ3) is 6.38. The molecule has 1 atom stereocenters. The Labute approximate surface area is 210 Å². The molecule has 0 aliphatic carbocycles. The number of carbonyl (C=O) groups is 2. The topological polar surface area (TPSA) is 104 Å². The zero-order valence-electron chi connectivity index (χ0n) is 20.9. The summed E-state index contributed by atoms with van der Waals surface area (Å²) in [6, 6.07) is 16.9. The van der Waals surface area contributed by atoms with E-state index in [0.717, 1.165) is 0 Å². The second kappa shape index (κ2) is 12.3. The Kier molecular flexibility index (Phi) is 8.99. The fraction of sp³-hybridized carbons (Fsp3) is 0.259. The highest BCUT2D eigenvalue weighted by atomic mass is 16.5. The molecule has 36 heavy (non-hydrogen) atoms. The first-order valence-corrected chi connectivity index (χ1v) is 11.3. The van der Waals surface area contributed by atoms with Gasteiger partial charge >= 0.3 is 0 Å². The van der Waals surface area contributed by atoms with Gasteiger partial charge in [0.25, 0.3) is 11.8 Å². The van der Waals surface area contributed by atoms with Crippen molar-refractivity contribution in [2.24, 2.45) is 0 Å². The average molecular weight is 495 g/mol. The Bertz CT molecular complexity index is 1170. The van der Waals surface area contributed by atoms with E-state index in [4.69, 9.17) is 23.7 Å². The molecule has 0 unspecified atom stereocenters. The molecule has 0 aliphatic rings. The van der Waals surface area contributed by atoms with Crippen LogP contribution in [0.4, 0.5) is 11.4 Å². The largest absolute Gasteiger partial charge is 0.494 e. The van der Waals surface area contributed by atoms with Crippen molar-refractivity contribution in [1.29, 1.82) is 0 Å². The van der Waals surface area contributed by atoms with Gasteiger partial charge in [0.05, 0.1) is 33.5 Å². The fourth-order valence-electron chi connectivity index (χ4n) is 3.40. The Morgan fingerprint density at radius 1 is 0.806 bits per heavy atom. The van der Waals surface area contributed by atoms with Crippen LogP contribution in [0, 0.1) is 0 Å². The van der Waals surface area contributed by atoms with Crippen LogP contribution in [0.3, 0.4) is 0 Å². The summed E-state index contributed by atoms with van der Waals surface area (Å²) in [6.07, 6.45) is -0.869. The van der Waals surface area contributed by atoms with E-state index in [2.05, 4.69) is 10.6 Å². The van der Waals surface area contributed by atoms with Crippen LogP contribution in [-0.4, -0.2) is 45.9 Å². The number of methoxy groups -OCH3 is 3. The molecule has 190 valence electrons. The first-order chi connectivity index (χ1) is 17.4. The lowest BCUT2D eigenvalue weighted by molar-refractivity contribution is -0.122. The predicted molar refractivity (Wildman–Crippen MR) is 137 cm³/mol. The Balaban J connectivity index is 1.72. The van der Waals surface area contributed by atoms with E-state index in [1.54, 1.807) is 67.6 Å². The number of anilines is 2. The molecule has 2 N–H and O–H groups in total. The van der Waals surface area contributed by atoms with Crippen LogP contribution in [-0.2, 0) is 4.79 Å². The normalized spacial score (nSPS) is 11.1. The SMILES string of the molecule is CCOc1ccc(NC(=O)[C@H](C)Oc2ccccc2C(=O)Nc2cc(OC)c(OC)c(OC)c2)cc1. The molecule has 0 aromatic heterocycles. The van der Waals surface area contributed by atoms with Crippen molar-refractivity contribution in [3.05, 3.63) is 66.2 Å². The van der Waals surface area contributed by atoms with E-state index in [0.29, 0.717) is 41.0 Å². The zero-order valence-corrected chi connectivity index (χ0v) is 20.9. The van der Waals surface area contributed by atoms with Crippen LogP contribution in [0.2, 0.25) is 0 Å². The minimum Gasteiger partial charge on any atom is -0.494 e. The number of hydrogen-bond acceptors (Lipinski definition) is 7. The van der Waals surface area contributed by atoms with E-state index in [9.17, 15) is 9.59 Å². The second-order valence-electron chi connectivity index (χ2n) is 7.57. The van der Waals surface area contributed by atoms with Gasteiger partial charge in [-0.15, -0.1) is 0 Å². The van der Waals surface area contributed by atoms with Gasteiger partial charge in [0.2, 0.25) is 5.75 Å². The van der Waals surface area contributed by atoms with Gasteiger partial charge < -0.3 is 34.3 Å². The van der Waals surface area contributed by atoms with Crippen molar-refractivity contribution in [2.45, 2.75) is 20.0 Å². The highest BCUT2D eigenvalue weighted by Gasteiger charge is 2.20. The van der Waals surface area contributed by atoms with Crippen LogP contribution in [0.15, 0.2) is 60.7 Å². The zero-order chi connectivity index (χ0) is 26.1. The number of carbonyl (C=O) groups excluding carboxylic acids is 2. The predicted octanol–water partition coefficient (Wildman–Crippen LogP) is 4.77. The molecule has 3 aromatic rings. The Morgan fingerprint density at radius 3 is 2.03 bits per heavy atom. The monoisotopic (exact) mass is 494 g/mol. The van der Waals surface area contributed by atoms with E-state index in [1.807, 2.05) is 6.92 Å². The molecule has 0 saturated heterocycles. The van der Waals surface area contributed by atoms with Crippen LogP contribution < -0.4 is 34.3 Å². The third-order valence-corrected chi connectivity index (χ3v) is 5.16. The molecule has 2 amide bonds. The van der Waals surface area contributed by atoms with Gasteiger partial charge in [-0.3, -0.25) is 9.59 Å². The highest BCUT2D eigenvalue weighted by molar-refractivity contribution is 6.06. The standard InChI is InChI=1S/C27H30N2O7/c1-6-35-20-13-11-18(12-14-20)28-26(30)17(2)36-22-10-8-7-9-21(22)27(31)29-19-15-23(32-3)25(34-5)24(16-19)33-4/h7-17H,6H2,1-5H3,(H,28,30)(H,29,31)/t17-/m0/s1. The summed E-state index contributed by atoms with van der Waals surface area (Å²) >= 11 is 0. The number of nitrogens with one attached hydrogen (secondary N) is 2. The minimum atomic E-state index is -0.869. The Morgan fingerprint density at radius 2 is 1.44 bits per heavy atom. The smallest absolute Gasteiger partial charge is 0.265 e. The van der Waals surface area contributed by atoms with E-state index in [1.165, 1.54) is 21.3 Å². The molecule has 0 radical (unpaired) electrons. The molecule has 0 bridgehead atoms. The third-order valence-electron chi connectivity index (χ3n) is 5.16. The average Bonchev–Trinajstić information content (AvgIpc) is 2.89. The van der Waals surface area contributed by atoms with Gasteiger partial charge in [0.1, 0.15) is 11.5 Å². The number of benzene rings is 3. The summed E-state index contributed by atoms with van der Waals surface area (Å²) in [6.45, 7) is 4.07. The van der Waals surface area contributed by atoms with E-state index < -0.39 is 12.0 Å². The van der Waals surface area contributed by atoms with Crippen LogP contribution in [0.1, 0.15) is 24.2 Å². The van der Waals surface area contributed by atoms with Crippen LogP contribution >= 0.6 is 0 Å². The summed E-state index contributed by atoms with van der Waals surface area (Å²) in [5, 5.41) is 5.61. The summed E-state index contributed by atoms with van der Waals surface area (Å²) < 4.78 is 27.3. The number of hydrogen-bond donors (Lipinski definition) is 2. The molecular formula is C27H30N2O7. The summed E-state index contributed by atoms with van der Waals surface area (Å²) in [5.41, 5.74) is 1.30. The molecule has 9 nitrogen and oxygen atoms in total. The lowest BCUT2D eigenvalue weighted by Gasteiger charge is -2.18. The van der Waals surface area contributed by atoms with Crippen molar-refractivity contribution < 1.29 is 33.3 Å². The minimum absolute atomic E-state index is 0.256. The van der Waals surface area contributed by atoms with Crippen molar-refractivity contribution in [3.8, 4) is 28.7 Å². The molecule has 0 heterocycles. The van der Waals surface area contributed by atoms with Gasteiger partial charge in [-0.2, -0.15) is 0 Å². The number of amides is 2. The molecule has 3 rings (SSSR count). The van der Waals surface area contributed by atoms with E-state index in [-0.39, 0.29) is 17.2 Å². The van der Waals surface area contributed by atoms with Crippen molar-refractivity contribution in [3.63, 3.8) is 0 Å². The maximum atomic E-state index is 13.1. The van der Waals surface area contributed by atoms with Gasteiger partial charge in [-0.05, 0) is 50.2 Å². The first kappa shape index (κ1) is 26.2. The lowest BCUT2D eigenvalue weighted by atomic mass is 10.1. The molecule has 0 saturated carbocycles. The van der Waals surface area contributed by atoms with Crippen LogP contribution in [0.25, 0.3) is 0 Å². The maximum Gasteiger partial charge on any atom is 0.265 e. The molecule has 9 heteroatoms. The number of para-hydroxylation sites is 1. The summed E-state index contributed by atoms with van der Waals surface area (Å²) in [5.74, 6) is 1.39. The molecule has 0 fully saturated rings. The Hall–Kier alpha value is -4.40. The van der Waals surface area contributed by atoms with E-state index >= 15 is 0 Å². The number of ether oxygens (including phenoxy) is 5. The second-order valence-corrected chi connectivity index (χ2v) is 7.57. The van der Waals surface area contributed by atoms with Gasteiger partial charge in [0.15, 0.2) is 17.6 Å².